The van der Waals surface area contributed by atoms with Crippen LogP contribution in [0.15, 0.2) is 83.4 Å². The van der Waals surface area contributed by atoms with Gasteiger partial charge < -0.3 is 14.5 Å². The number of carbonyl (C=O) groups is 1. The van der Waals surface area contributed by atoms with Crippen molar-refractivity contribution in [1.82, 2.24) is 4.98 Å². The maximum atomic E-state index is 13.1. The van der Waals surface area contributed by atoms with E-state index in [9.17, 15) is 4.79 Å². The Morgan fingerprint density at radius 3 is 2.48 bits per heavy atom. The number of ether oxygens (including phenoxy) is 1. The summed E-state index contributed by atoms with van der Waals surface area (Å²) >= 11 is 0. The van der Waals surface area contributed by atoms with Crippen LogP contribution in [0.4, 0.5) is 5.69 Å². The second-order valence-corrected chi connectivity index (χ2v) is 7.00. The number of oxazole rings is 1. The highest BCUT2D eigenvalue weighted by molar-refractivity contribution is 6.08. The second kappa shape index (κ2) is 9.30. The van der Waals surface area contributed by atoms with Crippen LogP contribution in [0, 0.1) is 0 Å². The predicted octanol–water partition coefficient (Wildman–Crippen LogP) is 6.22. The summed E-state index contributed by atoms with van der Waals surface area (Å²) in [5.41, 5.74) is 3.94. The predicted molar refractivity (Wildman–Crippen MR) is 122 cm³/mol. The summed E-state index contributed by atoms with van der Waals surface area (Å²) in [5.74, 6) is 1.64. The van der Waals surface area contributed by atoms with Crippen molar-refractivity contribution in [3.05, 3.63) is 90.1 Å². The van der Waals surface area contributed by atoms with E-state index in [-0.39, 0.29) is 5.91 Å². The van der Waals surface area contributed by atoms with Crippen LogP contribution in [0.2, 0.25) is 0 Å². The van der Waals surface area contributed by atoms with Gasteiger partial charge in [0.25, 0.3) is 5.91 Å². The van der Waals surface area contributed by atoms with E-state index < -0.39 is 0 Å². The Labute approximate surface area is 181 Å². The number of anilines is 1. The molecule has 5 nitrogen and oxygen atoms in total. The van der Waals surface area contributed by atoms with E-state index in [0.717, 1.165) is 29.0 Å². The quantitative estimate of drug-likeness (QED) is 0.391. The summed E-state index contributed by atoms with van der Waals surface area (Å²) in [4.78, 5) is 17.5. The van der Waals surface area contributed by atoms with Gasteiger partial charge in [-0.15, -0.1) is 0 Å². The van der Waals surface area contributed by atoms with E-state index in [1.165, 1.54) is 0 Å². The number of para-hydroxylation sites is 1. The summed E-state index contributed by atoms with van der Waals surface area (Å²) in [6.45, 7) is 4.63. The van der Waals surface area contributed by atoms with Gasteiger partial charge in [0.15, 0.2) is 5.76 Å². The molecule has 0 atom stereocenters. The van der Waals surface area contributed by atoms with Gasteiger partial charge in [-0.05, 0) is 61.4 Å². The normalized spacial score (nSPS) is 10.6. The van der Waals surface area contributed by atoms with Crippen LogP contribution in [0.3, 0.4) is 0 Å². The minimum absolute atomic E-state index is 0.197. The molecular formula is C26H24N2O3. The molecule has 0 spiro atoms. The number of benzene rings is 3. The molecule has 4 aromatic rings. The molecule has 3 aromatic carbocycles. The van der Waals surface area contributed by atoms with Crippen LogP contribution >= 0.6 is 0 Å². The molecule has 0 saturated heterocycles. The molecule has 4 rings (SSSR count). The number of amides is 1. The van der Waals surface area contributed by atoms with E-state index in [1.54, 1.807) is 12.3 Å². The van der Waals surface area contributed by atoms with Crippen LogP contribution in [0.5, 0.6) is 5.75 Å². The monoisotopic (exact) mass is 412 g/mol. The summed E-state index contributed by atoms with van der Waals surface area (Å²) in [5, 5.41) is 3.02. The number of aryl methyl sites for hydroxylation is 1. The number of hydrogen-bond donors (Lipinski definition) is 1. The molecule has 0 fully saturated rings. The van der Waals surface area contributed by atoms with E-state index in [0.29, 0.717) is 29.4 Å². The number of rotatable bonds is 7. The van der Waals surface area contributed by atoms with Gasteiger partial charge in [0, 0.05) is 16.8 Å². The SMILES string of the molecule is CCOc1ccc(-c2cnc(-c3ccccc3C(=O)Nc3ccccc3CC)o2)cc1. The molecule has 1 aromatic heterocycles. The number of nitrogens with zero attached hydrogens (tertiary/aromatic N) is 1. The number of nitrogens with one attached hydrogen (secondary N) is 1. The lowest BCUT2D eigenvalue weighted by atomic mass is 10.1. The standard InChI is InChI=1S/C26H24N2O3/c1-3-18-9-5-8-12-23(18)28-25(29)21-10-6-7-11-22(21)26-27-17-24(31-26)19-13-15-20(16-14-19)30-4-2/h5-17H,3-4H2,1-2H3,(H,28,29). The zero-order valence-corrected chi connectivity index (χ0v) is 17.6. The highest BCUT2D eigenvalue weighted by atomic mass is 16.5. The summed E-state index contributed by atoms with van der Waals surface area (Å²) < 4.78 is 11.5. The highest BCUT2D eigenvalue weighted by Gasteiger charge is 2.18. The Hall–Kier alpha value is -3.86. The van der Waals surface area contributed by atoms with Crippen molar-refractivity contribution in [1.29, 1.82) is 0 Å². The van der Waals surface area contributed by atoms with Crippen LogP contribution in [0.25, 0.3) is 22.8 Å². The minimum Gasteiger partial charge on any atom is -0.494 e. The van der Waals surface area contributed by atoms with E-state index in [2.05, 4.69) is 17.2 Å². The topological polar surface area (TPSA) is 64.4 Å². The molecule has 31 heavy (non-hydrogen) atoms. The number of carbonyl (C=O) groups excluding carboxylic acids is 1. The largest absolute Gasteiger partial charge is 0.494 e. The van der Waals surface area contributed by atoms with Gasteiger partial charge in [-0.25, -0.2) is 4.98 Å². The molecule has 0 bridgehead atoms. The first-order valence-corrected chi connectivity index (χ1v) is 10.4. The Morgan fingerprint density at radius 2 is 1.71 bits per heavy atom. The third kappa shape index (κ3) is 4.51. The van der Waals surface area contributed by atoms with Crippen LogP contribution < -0.4 is 10.1 Å². The van der Waals surface area contributed by atoms with Crippen molar-refractivity contribution in [2.24, 2.45) is 0 Å². The van der Waals surface area contributed by atoms with E-state index in [4.69, 9.17) is 9.15 Å². The zero-order valence-electron chi connectivity index (χ0n) is 17.6. The lowest BCUT2D eigenvalue weighted by Gasteiger charge is -2.11. The fourth-order valence-corrected chi connectivity index (χ4v) is 3.42. The van der Waals surface area contributed by atoms with Crippen LogP contribution in [0.1, 0.15) is 29.8 Å². The van der Waals surface area contributed by atoms with Crippen molar-refractivity contribution < 1.29 is 13.9 Å². The summed E-state index contributed by atoms with van der Waals surface area (Å²) in [6, 6.07) is 22.8. The van der Waals surface area contributed by atoms with Gasteiger partial charge in [0.05, 0.1) is 18.4 Å². The van der Waals surface area contributed by atoms with Crippen molar-refractivity contribution in [2.75, 3.05) is 11.9 Å². The molecule has 1 heterocycles. The molecule has 156 valence electrons. The lowest BCUT2D eigenvalue weighted by molar-refractivity contribution is 0.102. The van der Waals surface area contributed by atoms with Crippen molar-refractivity contribution >= 4 is 11.6 Å². The van der Waals surface area contributed by atoms with Crippen molar-refractivity contribution in [3.63, 3.8) is 0 Å². The maximum absolute atomic E-state index is 13.1. The summed E-state index contributed by atoms with van der Waals surface area (Å²) in [7, 11) is 0. The Balaban J connectivity index is 1.61. The molecule has 0 saturated carbocycles. The van der Waals surface area contributed by atoms with Gasteiger partial charge in [-0.2, -0.15) is 0 Å². The fourth-order valence-electron chi connectivity index (χ4n) is 3.42. The molecule has 0 aliphatic heterocycles. The average Bonchev–Trinajstić information content (AvgIpc) is 3.30. The highest BCUT2D eigenvalue weighted by Crippen LogP contribution is 2.30. The summed E-state index contributed by atoms with van der Waals surface area (Å²) in [6.07, 6.45) is 2.51. The molecule has 5 heteroatoms. The van der Waals surface area contributed by atoms with E-state index in [1.807, 2.05) is 73.7 Å². The van der Waals surface area contributed by atoms with Gasteiger partial charge in [-0.1, -0.05) is 37.3 Å². The number of hydrogen-bond acceptors (Lipinski definition) is 4. The molecule has 0 unspecified atom stereocenters. The molecule has 0 radical (unpaired) electrons. The fraction of sp³-hybridized carbons (Fsp3) is 0.154. The first kappa shape index (κ1) is 20.4. The third-order valence-corrected chi connectivity index (χ3v) is 5.00. The Morgan fingerprint density at radius 1 is 0.968 bits per heavy atom. The molecular weight excluding hydrogens is 388 g/mol. The minimum atomic E-state index is -0.197. The van der Waals surface area contributed by atoms with Crippen LogP contribution in [-0.4, -0.2) is 17.5 Å². The second-order valence-electron chi connectivity index (χ2n) is 7.00. The van der Waals surface area contributed by atoms with Gasteiger partial charge >= 0.3 is 0 Å². The molecule has 1 amide bonds. The van der Waals surface area contributed by atoms with Crippen LogP contribution in [-0.2, 0) is 6.42 Å². The number of aromatic nitrogens is 1. The van der Waals surface area contributed by atoms with Gasteiger partial charge in [-0.3, -0.25) is 4.79 Å². The first-order chi connectivity index (χ1) is 15.2. The smallest absolute Gasteiger partial charge is 0.256 e. The van der Waals surface area contributed by atoms with Crippen molar-refractivity contribution in [2.45, 2.75) is 20.3 Å². The Bertz CT molecular complexity index is 1180. The average molecular weight is 412 g/mol. The molecule has 1 N–H and O–H groups in total. The molecule has 0 aliphatic rings. The Kier molecular flexibility index (Phi) is 6.13. The zero-order chi connectivity index (χ0) is 21.6. The third-order valence-electron chi connectivity index (χ3n) is 5.00. The maximum Gasteiger partial charge on any atom is 0.256 e. The van der Waals surface area contributed by atoms with Crippen molar-refractivity contribution in [3.8, 4) is 28.5 Å². The molecule has 0 aliphatic carbocycles. The van der Waals surface area contributed by atoms with Gasteiger partial charge in [0.1, 0.15) is 5.75 Å². The van der Waals surface area contributed by atoms with Gasteiger partial charge in [0.2, 0.25) is 5.89 Å². The first-order valence-electron chi connectivity index (χ1n) is 10.4. The lowest BCUT2D eigenvalue weighted by Crippen LogP contribution is -2.14. The van der Waals surface area contributed by atoms with E-state index >= 15 is 0 Å².